The summed E-state index contributed by atoms with van der Waals surface area (Å²) in [5.74, 6) is -0.198. The number of pyridine rings is 2. The lowest BCUT2D eigenvalue weighted by Gasteiger charge is -2.34. The summed E-state index contributed by atoms with van der Waals surface area (Å²) in [5.41, 5.74) is -0.111. The molecule has 0 radical (unpaired) electrons. The number of benzene rings is 1. The van der Waals surface area contributed by atoms with Gasteiger partial charge in [-0.05, 0) is 36.6 Å². The Balaban J connectivity index is 1.77. The summed E-state index contributed by atoms with van der Waals surface area (Å²) < 4.78 is 32.7. The molecule has 0 aliphatic carbocycles. The number of amides is 1. The highest BCUT2D eigenvalue weighted by molar-refractivity contribution is 8.23. The Morgan fingerprint density at radius 1 is 1.25 bits per heavy atom. The third-order valence-corrected chi connectivity index (χ3v) is 7.11. The Hall–Kier alpha value is -3.61. The lowest BCUT2D eigenvalue weighted by molar-refractivity contribution is -0.130. The molecule has 4 rings (SSSR count). The van der Waals surface area contributed by atoms with Crippen molar-refractivity contribution in [3.63, 3.8) is 0 Å². The highest BCUT2D eigenvalue weighted by atomic mass is 32.3. The van der Waals surface area contributed by atoms with Crippen LogP contribution in [0.15, 0.2) is 50.6 Å². The average Bonchev–Trinajstić information content (AvgIpc) is 2.82. The molecule has 0 spiro atoms. The number of rotatable bonds is 7. The van der Waals surface area contributed by atoms with Crippen LogP contribution in [0.2, 0.25) is 0 Å². The fourth-order valence-corrected chi connectivity index (χ4v) is 4.88. The van der Waals surface area contributed by atoms with E-state index in [-0.39, 0.29) is 46.0 Å². The third-order valence-electron chi connectivity index (χ3n) is 5.74. The van der Waals surface area contributed by atoms with Gasteiger partial charge in [0.05, 0.1) is 11.1 Å². The van der Waals surface area contributed by atoms with Gasteiger partial charge in [0, 0.05) is 32.9 Å². The van der Waals surface area contributed by atoms with Gasteiger partial charge in [-0.2, -0.15) is 0 Å². The second kappa shape index (κ2) is 9.80. The van der Waals surface area contributed by atoms with E-state index in [4.69, 9.17) is 4.74 Å². The second-order valence-corrected chi connectivity index (χ2v) is 10.7. The van der Waals surface area contributed by atoms with Gasteiger partial charge in [-0.25, -0.2) is 4.98 Å². The van der Waals surface area contributed by atoms with Gasteiger partial charge in [0.1, 0.15) is 27.6 Å². The zero-order chi connectivity index (χ0) is 26.2. The van der Waals surface area contributed by atoms with Crippen LogP contribution >= 0.6 is 10.8 Å². The van der Waals surface area contributed by atoms with Crippen molar-refractivity contribution < 1.29 is 23.7 Å². The molecule has 4 N–H and O–H groups in total. The fraction of sp³-hybridized carbons (Fsp3) is 0.333. The number of aryl methyl sites for hydroxylation is 1. The molecule has 1 aromatic carbocycles. The van der Waals surface area contributed by atoms with Crippen molar-refractivity contribution in [2.24, 2.45) is 10.3 Å². The van der Waals surface area contributed by atoms with E-state index in [0.717, 1.165) is 0 Å². The number of ether oxygens (including phenoxy) is 1. The number of hydrogen-bond donors (Lipinski definition) is 4. The van der Waals surface area contributed by atoms with Gasteiger partial charge < -0.3 is 20.1 Å². The van der Waals surface area contributed by atoms with Crippen LogP contribution in [-0.2, 0) is 11.3 Å². The molecule has 0 saturated heterocycles. The molecule has 36 heavy (non-hydrogen) atoms. The Labute approximate surface area is 209 Å². The zero-order valence-corrected chi connectivity index (χ0v) is 21.2. The topological polar surface area (TPSA) is 150 Å². The number of aromatic nitrogens is 2. The standard InChI is InChI=1S/C24H29N5O6S/c1-14(2)9-11-29-23-16(6-5-10-25-23)21(31)20(24(29)32)22-26-17-8-7-15(35-13-19(30)28(3)4)12-18(17)36(33,34)27-22/h5-8,10,12,14,31,33-34H,9,11,13H2,1-4H3,(H,26,27). The van der Waals surface area contributed by atoms with Gasteiger partial charge in [0.25, 0.3) is 11.5 Å². The van der Waals surface area contributed by atoms with E-state index in [1.165, 1.54) is 21.6 Å². The van der Waals surface area contributed by atoms with Crippen LogP contribution in [-0.4, -0.2) is 61.1 Å². The van der Waals surface area contributed by atoms with Crippen LogP contribution in [0.25, 0.3) is 11.0 Å². The van der Waals surface area contributed by atoms with Crippen molar-refractivity contribution in [1.82, 2.24) is 14.5 Å². The molecule has 3 aromatic rings. The first kappa shape index (κ1) is 25.5. The fourth-order valence-electron chi connectivity index (χ4n) is 3.70. The molecular formula is C24H29N5O6S. The quantitative estimate of drug-likeness (QED) is 0.373. The van der Waals surface area contributed by atoms with Gasteiger partial charge in [-0.1, -0.05) is 24.6 Å². The Morgan fingerprint density at radius 3 is 2.69 bits per heavy atom. The molecule has 0 atom stereocenters. The zero-order valence-electron chi connectivity index (χ0n) is 20.4. The molecule has 0 saturated carbocycles. The smallest absolute Gasteiger partial charge is 0.267 e. The Kier molecular flexibility index (Phi) is 6.94. The lowest BCUT2D eigenvalue weighted by atomic mass is 10.1. The van der Waals surface area contributed by atoms with Crippen LogP contribution in [0.5, 0.6) is 11.5 Å². The summed E-state index contributed by atoms with van der Waals surface area (Å²) in [6, 6.07) is 7.75. The molecular weight excluding hydrogens is 486 g/mol. The summed E-state index contributed by atoms with van der Waals surface area (Å²) in [6.45, 7) is 4.22. The van der Waals surface area contributed by atoms with E-state index in [1.807, 2.05) is 13.8 Å². The summed E-state index contributed by atoms with van der Waals surface area (Å²) in [5, 5.41) is 14.3. The maximum Gasteiger partial charge on any atom is 0.267 e. The van der Waals surface area contributed by atoms with Gasteiger partial charge in [-0.15, -0.1) is 4.40 Å². The number of amidine groups is 1. The first-order chi connectivity index (χ1) is 17.0. The maximum atomic E-state index is 13.5. The minimum Gasteiger partial charge on any atom is -0.506 e. The van der Waals surface area contributed by atoms with E-state index in [9.17, 15) is 23.8 Å². The molecule has 1 amide bonds. The highest BCUT2D eigenvalue weighted by Gasteiger charge is 2.31. The van der Waals surface area contributed by atoms with Gasteiger partial charge >= 0.3 is 0 Å². The number of carbonyl (C=O) groups excluding carboxylic acids is 1. The van der Waals surface area contributed by atoms with Crippen LogP contribution in [0, 0.1) is 5.92 Å². The highest BCUT2D eigenvalue weighted by Crippen LogP contribution is 2.56. The van der Waals surface area contributed by atoms with E-state index in [1.54, 1.807) is 38.5 Å². The Bertz CT molecular complexity index is 1420. The van der Waals surface area contributed by atoms with Gasteiger partial charge in [-0.3, -0.25) is 23.3 Å². The van der Waals surface area contributed by atoms with Crippen LogP contribution in [0.3, 0.4) is 0 Å². The number of fused-ring (bicyclic) bond motifs is 2. The molecule has 3 heterocycles. The van der Waals surface area contributed by atoms with Crippen molar-refractivity contribution in [2.45, 2.75) is 31.7 Å². The first-order valence-electron chi connectivity index (χ1n) is 11.3. The number of aromatic hydroxyl groups is 1. The largest absolute Gasteiger partial charge is 0.506 e. The molecule has 1 aliphatic heterocycles. The predicted octanol–water partition coefficient (Wildman–Crippen LogP) is 3.51. The van der Waals surface area contributed by atoms with Crippen molar-refractivity contribution in [1.29, 1.82) is 0 Å². The molecule has 11 nitrogen and oxygen atoms in total. The Morgan fingerprint density at radius 2 is 2.00 bits per heavy atom. The van der Waals surface area contributed by atoms with Crippen molar-refractivity contribution in [2.75, 3.05) is 26.0 Å². The number of hydrogen-bond acceptors (Lipinski definition) is 9. The van der Waals surface area contributed by atoms with Crippen molar-refractivity contribution in [3.8, 4) is 11.5 Å². The number of carbonyl (C=O) groups is 1. The normalized spacial score (nSPS) is 15.1. The van der Waals surface area contributed by atoms with E-state index < -0.39 is 16.3 Å². The summed E-state index contributed by atoms with van der Waals surface area (Å²) in [4.78, 5) is 31.1. The summed E-state index contributed by atoms with van der Waals surface area (Å²) in [7, 11) is -0.564. The molecule has 0 unspecified atom stereocenters. The minimum absolute atomic E-state index is 0.0446. The molecule has 1 aliphatic rings. The van der Waals surface area contributed by atoms with Gasteiger partial charge in [0.2, 0.25) is 0 Å². The first-order valence-corrected chi connectivity index (χ1v) is 12.8. The monoisotopic (exact) mass is 515 g/mol. The molecule has 12 heteroatoms. The number of nitrogens with one attached hydrogen (secondary N) is 1. The van der Waals surface area contributed by atoms with E-state index in [0.29, 0.717) is 29.9 Å². The molecule has 192 valence electrons. The minimum atomic E-state index is -3.77. The van der Waals surface area contributed by atoms with E-state index >= 15 is 0 Å². The second-order valence-electron chi connectivity index (χ2n) is 9.06. The number of anilines is 1. The summed E-state index contributed by atoms with van der Waals surface area (Å²) >= 11 is 0. The molecule has 2 aromatic heterocycles. The van der Waals surface area contributed by atoms with E-state index in [2.05, 4.69) is 14.7 Å². The van der Waals surface area contributed by atoms with Crippen LogP contribution in [0.4, 0.5) is 5.69 Å². The van der Waals surface area contributed by atoms with Crippen molar-refractivity contribution >= 4 is 39.2 Å². The van der Waals surface area contributed by atoms with Crippen molar-refractivity contribution in [3.05, 3.63) is 52.4 Å². The number of nitrogens with zero attached hydrogens (tertiary/aromatic N) is 4. The average molecular weight is 516 g/mol. The van der Waals surface area contributed by atoms with Crippen LogP contribution in [0.1, 0.15) is 25.8 Å². The van der Waals surface area contributed by atoms with Crippen LogP contribution < -0.4 is 15.6 Å². The maximum absolute atomic E-state index is 13.5. The number of likely N-dealkylation sites (N-methyl/N-ethyl adjacent to an activating group) is 1. The van der Waals surface area contributed by atoms with Gasteiger partial charge in [0.15, 0.2) is 12.4 Å². The molecule has 0 bridgehead atoms. The molecule has 0 fully saturated rings. The third kappa shape index (κ3) is 4.87. The summed E-state index contributed by atoms with van der Waals surface area (Å²) in [6.07, 6.45) is 2.24. The predicted molar refractivity (Wildman–Crippen MR) is 139 cm³/mol. The lowest BCUT2D eigenvalue weighted by Crippen LogP contribution is -2.32. The SMILES string of the molecule is CC(C)CCn1c(=O)c(C2=NS(O)(O)c3cc(OCC(=O)N(C)C)ccc3N2)c(O)c2cccnc21.